The zero-order valence-electron chi connectivity index (χ0n) is 21.3. The number of nitrogens with one attached hydrogen (secondary N) is 1. The van der Waals surface area contributed by atoms with Crippen molar-refractivity contribution in [2.45, 2.75) is 64.1 Å². The lowest BCUT2D eigenvalue weighted by atomic mass is 9.89. The Balaban J connectivity index is 2.10. The number of carboxylic acids is 2. The molecule has 1 unspecified atom stereocenters. The Labute approximate surface area is 214 Å². The minimum absolute atomic E-state index is 0.0211. The second-order valence-electron chi connectivity index (χ2n) is 9.36. The van der Waals surface area contributed by atoms with Gasteiger partial charge in [-0.25, -0.2) is 0 Å². The van der Waals surface area contributed by atoms with Crippen LogP contribution in [0.1, 0.15) is 46.5 Å². The summed E-state index contributed by atoms with van der Waals surface area (Å²) in [5, 5.41) is 24.9. The number of ketones is 1. The predicted molar refractivity (Wildman–Crippen MR) is 131 cm³/mol. The number of carboxylic acid groups (broad SMARTS) is 2. The minimum Gasteiger partial charge on any atom is -0.486 e. The number of para-hydroxylation sites is 1. The van der Waals surface area contributed by atoms with Gasteiger partial charge >= 0.3 is 11.9 Å². The number of nitrogens with zero attached hydrogens (tertiary/aromatic N) is 2. The van der Waals surface area contributed by atoms with Crippen molar-refractivity contribution >= 4 is 35.2 Å². The monoisotopic (exact) mass is 519 g/mol. The first kappa shape index (κ1) is 29.3. The summed E-state index contributed by atoms with van der Waals surface area (Å²) in [6, 6.07) is 6.58. The Hall–Kier alpha value is -3.96. The standard InChI is InChI=1S/C25H33N3O9/c1-15(2)23(26-20(30)10-11-21(31)32)17-13-25(3,37-27-17)24(35)28(4)18(12-22(33)34)19(29)14-36-16-8-6-5-7-9-16/h5-9,15,18,23H,10-14H2,1-4H3,(H,26,30)(H,31,32)(H,33,34)/t18-,23-,25?/m0/s1. The zero-order chi connectivity index (χ0) is 27.8. The zero-order valence-corrected chi connectivity index (χ0v) is 21.3. The van der Waals surface area contributed by atoms with E-state index in [0.717, 1.165) is 4.90 Å². The number of ether oxygens (including phenoxy) is 1. The largest absolute Gasteiger partial charge is 0.486 e. The molecular formula is C25H33N3O9. The summed E-state index contributed by atoms with van der Waals surface area (Å²) < 4.78 is 5.45. The number of rotatable bonds is 14. The fourth-order valence-corrected chi connectivity index (χ4v) is 3.87. The number of benzene rings is 1. The molecule has 1 heterocycles. The van der Waals surface area contributed by atoms with E-state index in [0.29, 0.717) is 11.5 Å². The van der Waals surface area contributed by atoms with Crippen LogP contribution in [-0.4, -0.2) is 81.7 Å². The molecule has 2 amide bonds. The topological polar surface area (TPSA) is 172 Å². The van der Waals surface area contributed by atoms with Crippen molar-refractivity contribution in [1.82, 2.24) is 10.2 Å². The van der Waals surface area contributed by atoms with E-state index in [2.05, 4.69) is 10.5 Å². The molecule has 1 aromatic carbocycles. The highest BCUT2D eigenvalue weighted by molar-refractivity contribution is 6.01. The van der Waals surface area contributed by atoms with Crippen molar-refractivity contribution < 1.29 is 43.8 Å². The molecule has 12 heteroatoms. The lowest BCUT2D eigenvalue weighted by molar-refractivity contribution is -0.158. The number of carbonyl (C=O) groups is 5. The molecule has 3 atom stereocenters. The quantitative estimate of drug-likeness (QED) is 0.329. The third-order valence-corrected chi connectivity index (χ3v) is 5.90. The molecule has 1 aromatic rings. The van der Waals surface area contributed by atoms with Gasteiger partial charge in [0.15, 0.2) is 5.78 Å². The van der Waals surface area contributed by atoms with Gasteiger partial charge in [-0.05, 0) is 25.0 Å². The second-order valence-corrected chi connectivity index (χ2v) is 9.36. The summed E-state index contributed by atoms with van der Waals surface area (Å²) in [5.41, 5.74) is -1.17. The van der Waals surface area contributed by atoms with E-state index >= 15 is 0 Å². The van der Waals surface area contributed by atoms with Crippen molar-refractivity contribution in [2.24, 2.45) is 11.1 Å². The molecule has 1 aliphatic rings. The molecule has 1 aliphatic heterocycles. The van der Waals surface area contributed by atoms with Gasteiger partial charge in [-0.1, -0.05) is 37.2 Å². The SMILES string of the molecule is CC(C)[C@H](NC(=O)CCC(=O)O)C1=NOC(C)(C(=O)N(C)[C@@H](CC(=O)O)C(=O)COc2ccccc2)C1. The molecule has 0 radical (unpaired) electrons. The van der Waals surface area contributed by atoms with E-state index in [-0.39, 0.29) is 25.2 Å². The molecule has 3 N–H and O–H groups in total. The highest BCUT2D eigenvalue weighted by atomic mass is 16.7. The van der Waals surface area contributed by atoms with Gasteiger partial charge < -0.3 is 30.0 Å². The van der Waals surface area contributed by atoms with Gasteiger partial charge in [0, 0.05) is 19.9 Å². The van der Waals surface area contributed by atoms with E-state index in [1.165, 1.54) is 14.0 Å². The summed E-state index contributed by atoms with van der Waals surface area (Å²) in [6.45, 7) is 4.68. The molecule has 2 rings (SSSR count). The van der Waals surface area contributed by atoms with Crippen LogP contribution in [0.2, 0.25) is 0 Å². The first-order valence-electron chi connectivity index (χ1n) is 11.8. The summed E-state index contributed by atoms with van der Waals surface area (Å²) in [6.07, 6.45) is -1.19. The van der Waals surface area contributed by atoms with Crippen LogP contribution in [0.3, 0.4) is 0 Å². The highest BCUT2D eigenvalue weighted by Gasteiger charge is 2.48. The molecule has 0 aliphatic carbocycles. The number of Topliss-reactive ketones (excluding diaryl/α,β-unsaturated/α-hetero) is 1. The van der Waals surface area contributed by atoms with Crippen molar-refractivity contribution in [1.29, 1.82) is 0 Å². The average Bonchev–Trinajstić information content (AvgIpc) is 3.25. The Kier molecular flexibility index (Phi) is 10.2. The van der Waals surface area contributed by atoms with E-state index in [1.54, 1.807) is 30.3 Å². The third kappa shape index (κ3) is 8.29. The number of oxime groups is 1. The Morgan fingerprint density at radius 1 is 1.11 bits per heavy atom. The number of hydrogen-bond donors (Lipinski definition) is 3. The van der Waals surface area contributed by atoms with Crippen LogP contribution in [0.5, 0.6) is 5.75 Å². The summed E-state index contributed by atoms with van der Waals surface area (Å²) in [4.78, 5) is 67.2. The van der Waals surface area contributed by atoms with Crippen LogP contribution in [-0.2, 0) is 28.8 Å². The van der Waals surface area contributed by atoms with Crippen LogP contribution in [0.25, 0.3) is 0 Å². The van der Waals surface area contributed by atoms with Gasteiger partial charge in [-0.2, -0.15) is 0 Å². The summed E-state index contributed by atoms with van der Waals surface area (Å²) >= 11 is 0. The fraction of sp³-hybridized carbons (Fsp3) is 0.520. The Morgan fingerprint density at radius 3 is 2.32 bits per heavy atom. The van der Waals surface area contributed by atoms with Crippen LogP contribution in [0, 0.1) is 5.92 Å². The van der Waals surface area contributed by atoms with Crippen molar-refractivity contribution in [3.8, 4) is 5.75 Å². The average molecular weight is 520 g/mol. The predicted octanol–water partition coefficient (Wildman–Crippen LogP) is 1.48. The Bertz CT molecular complexity index is 1040. The maximum absolute atomic E-state index is 13.4. The lowest BCUT2D eigenvalue weighted by Crippen LogP contribution is -2.54. The van der Waals surface area contributed by atoms with E-state index in [9.17, 15) is 29.1 Å². The van der Waals surface area contributed by atoms with Crippen molar-refractivity contribution in [3.05, 3.63) is 30.3 Å². The van der Waals surface area contributed by atoms with Crippen LogP contribution in [0.15, 0.2) is 35.5 Å². The number of hydrogen-bond acceptors (Lipinski definition) is 8. The van der Waals surface area contributed by atoms with Gasteiger partial charge in [0.25, 0.3) is 5.91 Å². The lowest BCUT2D eigenvalue weighted by Gasteiger charge is -2.32. The van der Waals surface area contributed by atoms with Gasteiger partial charge in [0.05, 0.1) is 24.6 Å². The first-order valence-corrected chi connectivity index (χ1v) is 11.8. The van der Waals surface area contributed by atoms with Crippen LogP contribution in [0.4, 0.5) is 0 Å². The molecule has 0 saturated carbocycles. The normalized spacial score (nSPS) is 18.2. The minimum atomic E-state index is -1.54. The molecule has 0 fully saturated rings. The number of aliphatic carboxylic acids is 2. The number of amides is 2. The van der Waals surface area contributed by atoms with Crippen LogP contribution >= 0.6 is 0 Å². The first-order chi connectivity index (χ1) is 17.3. The van der Waals surface area contributed by atoms with Crippen molar-refractivity contribution in [3.63, 3.8) is 0 Å². The van der Waals surface area contributed by atoms with Gasteiger partial charge in [-0.3, -0.25) is 24.0 Å². The molecule has 12 nitrogen and oxygen atoms in total. The molecule has 0 saturated heterocycles. The molecule has 0 bridgehead atoms. The number of likely N-dealkylation sites (N-methyl/N-ethyl adjacent to an activating group) is 1. The van der Waals surface area contributed by atoms with Gasteiger partial charge in [0.1, 0.15) is 18.4 Å². The third-order valence-electron chi connectivity index (χ3n) is 5.90. The Morgan fingerprint density at radius 2 is 1.76 bits per heavy atom. The number of carbonyl (C=O) groups excluding carboxylic acids is 3. The maximum atomic E-state index is 13.4. The second kappa shape index (κ2) is 12.8. The fourth-order valence-electron chi connectivity index (χ4n) is 3.87. The van der Waals surface area contributed by atoms with Crippen LogP contribution < -0.4 is 10.1 Å². The molecule has 202 valence electrons. The summed E-state index contributed by atoms with van der Waals surface area (Å²) in [7, 11) is 1.32. The van der Waals surface area contributed by atoms with E-state index < -0.39 is 60.2 Å². The summed E-state index contributed by atoms with van der Waals surface area (Å²) in [5.74, 6) is -3.84. The van der Waals surface area contributed by atoms with E-state index in [1.807, 2.05) is 13.8 Å². The smallest absolute Gasteiger partial charge is 0.305 e. The maximum Gasteiger partial charge on any atom is 0.305 e. The highest BCUT2D eigenvalue weighted by Crippen LogP contribution is 2.29. The van der Waals surface area contributed by atoms with Gasteiger partial charge in [-0.15, -0.1) is 0 Å². The molecule has 0 spiro atoms. The molecule has 37 heavy (non-hydrogen) atoms. The van der Waals surface area contributed by atoms with Crippen molar-refractivity contribution in [2.75, 3.05) is 13.7 Å². The molecular weight excluding hydrogens is 486 g/mol. The molecule has 0 aromatic heterocycles. The van der Waals surface area contributed by atoms with E-state index in [4.69, 9.17) is 14.7 Å². The van der Waals surface area contributed by atoms with Gasteiger partial charge in [0.2, 0.25) is 11.5 Å².